The van der Waals surface area contributed by atoms with Crippen LogP contribution in [0.25, 0.3) is 11.1 Å². The molecule has 0 aliphatic heterocycles. The predicted molar refractivity (Wildman–Crippen MR) is 139 cm³/mol. The second kappa shape index (κ2) is 12.3. The number of hydrogen-bond donors (Lipinski definition) is 4. The number of aromatic nitrogens is 1. The number of H-pyrrole nitrogens is 1. The highest BCUT2D eigenvalue weighted by molar-refractivity contribution is 5.72. The molecule has 1 unspecified atom stereocenters. The fourth-order valence-corrected chi connectivity index (χ4v) is 5.30. The molecule has 0 saturated heterocycles. The standard InChI is InChI=1S/C28H39N3O4/c1-2-16-31(22-9-10-23-21(19-22)8-12-25(32)27(23)33)17-6-4-3-5-14-29-15-13-20-7-11-24-26(18-20)35-28(34)30-24/h7-8,11-12,18,22,29,32-33H,2-6,9-10,13-17,19H2,1H3,(H,30,34). The maximum Gasteiger partial charge on any atom is 0.417 e. The van der Waals surface area contributed by atoms with Gasteiger partial charge in [-0.3, -0.25) is 4.98 Å². The van der Waals surface area contributed by atoms with E-state index >= 15 is 0 Å². The average Bonchev–Trinajstić information content (AvgIpc) is 3.23. The van der Waals surface area contributed by atoms with Gasteiger partial charge in [-0.05, 0) is 100 Å². The third-order valence-electron chi connectivity index (χ3n) is 7.19. The molecule has 1 aliphatic carbocycles. The van der Waals surface area contributed by atoms with Crippen molar-refractivity contribution in [2.45, 2.75) is 70.8 Å². The summed E-state index contributed by atoms with van der Waals surface area (Å²) in [6, 6.07) is 9.99. The van der Waals surface area contributed by atoms with Crippen molar-refractivity contribution in [1.29, 1.82) is 0 Å². The first kappa shape index (κ1) is 25.3. The first-order chi connectivity index (χ1) is 17.0. The number of oxazole rings is 1. The van der Waals surface area contributed by atoms with Gasteiger partial charge in [-0.2, -0.15) is 0 Å². The molecule has 0 amide bonds. The van der Waals surface area contributed by atoms with Gasteiger partial charge in [0.2, 0.25) is 0 Å². The highest BCUT2D eigenvalue weighted by atomic mass is 16.4. The van der Waals surface area contributed by atoms with Gasteiger partial charge in [0.05, 0.1) is 5.52 Å². The molecule has 1 heterocycles. The largest absolute Gasteiger partial charge is 0.504 e. The number of hydrogen-bond acceptors (Lipinski definition) is 6. The molecule has 7 nitrogen and oxygen atoms in total. The van der Waals surface area contributed by atoms with Gasteiger partial charge in [0, 0.05) is 11.6 Å². The maximum atomic E-state index is 11.3. The molecule has 190 valence electrons. The van der Waals surface area contributed by atoms with Crippen molar-refractivity contribution < 1.29 is 14.6 Å². The van der Waals surface area contributed by atoms with Gasteiger partial charge < -0.3 is 24.8 Å². The Kier molecular flexibility index (Phi) is 8.88. The molecule has 4 rings (SSSR count). The summed E-state index contributed by atoms with van der Waals surface area (Å²) in [6.07, 6.45) is 9.76. The number of nitrogens with one attached hydrogen (secondary N) is 2. The fraction of sp³-hybridized carbons (Fsp3) is 0.536. The van der Waals surface area contributed by atoms with Crippen molar-refractivity contribution in [2.75, 3.05) is 26.2 Å². The van der Waals surface area contributed by atoms with Crippen LogP contribution in [0.1, 0.15) is 62.1 Å². The van der Waals surface area contributed by atoms with E-state index in [0.29, 0.717) is 11.6 Å². The Morgan fingerprint density at radius 1 is 1.09 bits per heavy atom. The van der Waals surface area contributed by atoms with Crippen LogP contribution in [0, 0.1) is 0 Å². The summed E-state index contributed by atoms with van der Waals surface area (Å²) in [5.41, 5.74) is 4.65. The Morgan fingerprint density at radius 3 is 2.80 bits per heavy atom. The topological polar surface area (TPSA) is 102 Å². The lowest BCUT2D eigenvalue weighted by Crippen LogP contribution is -2.40. The number of benzene rings is 2. The van der Waals surface area contributed by atoms with Crippen molar-refractivity contribution in [3.05, 3.63) is 57.6 Å². The zero-order chi connectivity index (χ0) is 24.6. The minimum absolute atomic E-state index is 0.00447. The molecule has 2 aromatic carbocycles. The van der Waals surface area contributed by atoms with E-state index in [1.807, 2.05) is 24.3 Å². The Morgan fingerprint density at radius 2 is 1.94 bits per heavy atom. The van der Waals surface area contributed by atoms with E-state index in [4.69, 9.17) is 4.42 Å². The van der Waals surface area contributed by atoms with Crippen LogP contribution in [0.4, 0.5) is 0 Å². The molecule has 0 bridgehead atoms. The third-order valence-corrected chi connectivity index (χ3v) is 7.19. The second-order valence-electron chi connectivity index (χ2n) is 9.76. The number of phenolic OH excluding ortho intramolecular Hbond substituents is 2. The maximum absolute atomic E-state index is 11.3. The number of phenols is 2. The Bertz CT molecular complexity index is 1150. The second-order valence-corrected chi connectivity index (χ2v) is 9.76. The molecule has 0 saturated carbocycles. The van der Waals surface area contributed by atoms with E-state index in [1.165, 1.54) is 36.8 Å². The summed E-state index contributed by atoms with van der Waals surface area (Å²) in [4.78, 5) is 16.6. The zero-order valence-electron chi connectivity index (χ0n) is 20.8. The van der Waals surface area contributed by atoms with Gasteiger partial charge in [-0.25, -0.2) is 4.79 Å². The molecule has 1 aliphatic rings. The zero-order valence-corrected chi connectivity index (χ0v) is 20.8. The average molecular weight is 482 g/mol. The molecule has 0 radical (unpaired) electrons. The van der Waals surface area contributed by atoms with Gasteiger partial charge in [0.1, 0.15) is 0 Å². The Hall–Kier alpha value is -2.77. The molecule has 1 atom stereocenters. The highest BCUT2D eigenvalue weighted by Crippen LogP contribution is 2.36. The lowest BCUT2D eigenvalue weighted by molar-refractivity contribution is 0.175. The smallest absolute Gasteiger partial charge is 0.417 e. The molecule has 4 N–H and O–H groups in total. The van der Waals surface area contributed by atoms with Gasteiger partial charge in [0.25, 0.3) is 0 Å². The van der Waals surface area contributed by atoms with Gasteiger partial charge in [0.15, 0.2) is 17.1 Å². The lowest BCUT2D eigenvalue weighted by Gasteiger charge is -2.35. The summed E-state index contributed by atoms with van der Waals surface area (Å²) >= 11 is 0. The van der Waals surface area contributed by atoms with Crippen LogP contribution in [-0.4, -0.2) is 52.3 Å². The van der Waals surface area contributed by atoms with E-state index < -0.39 is 5.76 Å². The van der Waals surface area contributed by atoms with E-state index in [9.17, 15) is 15.0 Å². The van der Waals surface area contributed by atoms with Crippen LogP contribution in [-0.2, 0) is 19.3 Å². The molecular formula is C28H39N3O4. The summed E-state index contributed by atoms with van der Waals surface area (Å²) in [5, 5.41) is 23.5. The molecular weight excluding hydrogens is 442 g/mol. The molecule has 1 aromatic heterocycles. The van der Waals surface area contributed by atoms with Crippen LogP contribution in [0.2, 0.25) is 0 Å². The summed E-state index contributed by atoms with van der Waals surface area (Å²) in [5.74, 6) is -0.333. The lowest BCUT2D eigenvalue weighted by atomic mass is 9.86. The predicted octanol–water partition coefficient (Wildman–Crippen LogP) is 4.49. The SMILES string of the molecule is CCCN(CCCCCCNCCc1ccc2[nH]c(=O)oc2c1)C1CCc2c(ccc(O)c2O)C1. The van der Waals surface area contributed by atoms with Gasteiger partial charge >= 0.3 is 5.76 Å². The van der Waals surface area contributed by atoms with Crippen molar-refractivity contribution in [3.8, 4) is 11.5 Å². The van der Waals surface area contributed by atoms with Crippen LogP contribution >= 0.6 is 0 Å². The van der Waals surface area contributed by atoms with Crippen LogP contribution in [0.3, 0.4) is 0 Å². The summed E-state index contributed by atoms with van der Waals surface area (Å²) in [7, 11) is 0. The van der Waals surface area contributed by atoms with E-state index in [-0.39, 0.29) is 11.5 Å². The van der Waals surface area contributed by atoms with E-state index in [2.05, 4.69) is 22.1 Å². The third kappa shape index (κ3) is 6.67. The Balaban J connectivity index is 1.11. The molecule has 0 fully saturated rings. The molecule has 35 heavy (non-hydrogen) atoms. The number of unbranched alkanes of at least 4 members (excludes halogenated alkanes) is 3. The summed E-state index contributed by atoms with van der Waals surface area (Å²) in [6.45, 7) is 6.43. The van der Waals surface area contributed by atoms with Gasteiger partial charge in [-0.15, -0.1) is 0 Å². The Labute approximate surface area is 207 Å². The molecule has 0 spiro atoms. The number of rotatable bonds is 13. The van der Waals surface area contributed by atoms with Crippen molar-refractivity contribution in [2.24, 2.45) is 0 Å². The van der Waals surface area contributed by atoms with E-state index in [1.54, 1.807) is 6.07 Å². The van der Waals surface area contributed by atoms with Crippen LogP contribution < -0.4 is 11.1 Å². The van der Waals surface area contributed by atoms with Gasteiger partial charge in [-0.1, -0.05) is 31.9 Å². The van der Waals surface area contributed by atoms with Crippen molar-refractivity contribution >= 4 is 11.1 Å². The summed E-state index contributed by atoms with van der Waals surface area (Å²) < 4.78 is 5.13. The molecule has 3 aromatic rings. The highest BCUT2D eigenvalue weighted by Gasteiger charge is 2.26. The minimum atomic E-state index is -0.404. The molecule has 7 heteroatoms. The number of nitrogens with zero attached hydrogens (tertiary/aromatic N) is 1. The van der Waals surface area contributed by atoms with Crippen molar-refractivity contribution in [1.82, 2.24) is 15.2 Å². The minimum Gasteiger partial charge on any atom is -0.504 e. The quantitative estimate of drug-likeness (QED) is 0.212. The number of fused-ring (bicyclic) bond motifs is 2. The fourth-order valence-electron chi connectivity index (χ4n) is 5.30. The van der Waals surface area contributed by atoms with Crippen LogP contribution in [0.5, 0.6) is 11.5 Å². The normalized spacial score (nSPS) is 15.7. The first-order valence-corrected chi connectivity index (χ1v) is 13.1. The van der Waals surface area contributed by atoms with Crippen molar-refractivity contribution in [3.63, 3.8) is 0 Å². The van der Waals surface area contributed by atoms with E-state index in [0.717, 1.165) is 69.4 Å². The number of aromatic amines is 1. The monoisotopic (exact) mass is 481 g/mol. The van der Waals surface area contributed by atoms with Crippen LogP contribution in [0.15, 0.2) is 39.5 Å². The number of aromatic hydroxyl groups is 2. The first-order valence-electron chi connectivity index (χ1n) is 13.1.